The van der Waals surface area contributed by atoms with Crippen molar-refractivity contribution in [1.82, 2.24) is 0 Å². The number of benzene rings is 1. The van der Waals surface area contributed by atoms with Crippen LogP contribution in [0.3, 0.4) is 0 Å². The minimum absolute atomic E-state index is 0.394. The maximum atomic E-state index is 11.4. The first-order valence-corrected chi connectivity index (χ1v) is 6.21. The molecule has 5 nitrogen and oxygen atoms in total. The van der Waals surface area contributed by atoms with Crippen LogP contribution >= 0.6 is 0 Å². The van der Waals surface area contributed by atoms with Gasteiger partial charge < -0.3 is 18.9 Å². The Labute approximate surface area is 112 Å². The first-order chi connectivity index (χ1) is 9.24. The molecule has 0 aliphatic carbocycles. The van der Waals surface area contributed by atoms with Gasteiger partial charge in [-0.3, -0.25) is 0 Å². The van der Waals surface area contributed by atoms with Gasteiger partial charge in [0.25, 0.3) is 0 Å². The van der Waals surface area contributed by atoms with Gasteiger partial charge in [0.05, 0.1) is 33.0 Å². The molecule has 0 spiro atoms. The van der Waals surface area contributed by atoms with E-state index in [1.165, 1.54) is 7.11 Å². The van der Waals surface area contributed by atoms with E-state index in [4.69, 9.17) is 14.2 Å². The zero-order valence-corrected chi connectivity index (χ0v) is 11.2. The maximum Gasteiger partial charge on any atom is 0.337 e. The third-order valence-electron chi connectivity index (χ3n) is 3.08. The average molecular weight is 266 g/mol. The van der Waals surface area contributed by atoms with Crippen LogP contribution in [0.5, 0.6) is 11.5 Å². The summed E-state index contributed by atoms with van der Waals surface area (Å²) in [6.45, 7) is 2.13. The third kappa shape index (κ3) is 3.38. The predicted molar refractivity (Wildman–Crippen MR) is 68.8 cm³/mol. The highest BCUT2D eigenvalue weighted by Crippen LogP contribution is 2.29. The molecule has 0 N–H and O–H groups in total. The standard InChI is InChI=1S/C14H18O5/c1-16-13-7-11(14(15)17-2)3-4-12(13)19-9-10-5-6-18-8-10/h3-4,7,10H,5-6,8-9H2,1-2H3. The lowest BCUT2D eigenvalue weighted by Crippen LogP contribution is -2.12. The first-order valence-electron chi connectivity index (χ1n) is 6.21. The molecule has 1 aliphatic rings. The Morgan fingerprint density at radius 3 is 2.84 bits per heavy atom. The molecule has 0 aromatic heterocycles. The molecule has 1 aliphatic heterocycles. The molecule has 1 aromatic carbocycles. The maximum absolute atomic E-state index is 11.4. The Bertz CT molecular complexity index is 437. The Hall–Kier alpha value is -1.75. The molecular formula is C14H18O5. The second-order valence-electron chi connectivity index (χ2n) is 4.40. The van der Waals surface area contributed by atoms with Crippen LogP contribution in [0.2, 0.25) is 0 Å². The van der Waals surface area contributed by atoms with Crippen molar-refractivity contribution in [2.24, 2.45) is 5.92 Å². The van der Waals surface area contributed by atoms with Gasteiger partial charge in [-0.15, -0.1) is 0 Å². The van der Waals surface area contributed by atoms with Gasteiger partial charge in [-0.2, -0.15) is 0 Å². The number of methoxy groups -OCH3 is 2. The highest BCUT2D eigenvalue weighted by atomic mass is 16.5. The van der Waals surface area contributed by atoms with E-state index >= 15 is 0 Å². The van der Waals surface area contributed by atoms with Crippen molar-refractivity contribution in [3.05, 3.63) is 23.8 Å². The van der Waals surface area contributed by atoms with E-state index in [1.807, 2.05) is 0 Å². The SMILES string of the molecule is COC(=O)c1ccc(OCC2CCOC2)c(OC)c1. The fourth-order valence-corrected chi connectivity index (χ4v) is 1.95. The molecule has 5 heteroatoms. The van der Waals surface area contributed by atoms with Crippen molar-refractivity contribution in [3.63, 3.8) is 0 Å². The van der Waals surface area contributed by atoms with Gasteiger partial charge in [-0.1, -0.05) is 0 Å². The molecular weight excluding hydrogens is 248 g/mol. The smallest absolute Gasteiger partial charge is 0.337 e. The molecule has 1 atom stereocenters. The summed E-state index contributed by atoms with van der Waals surface area (Å²) in [7, 11) is 2.89. The summed E-state index contributed by atoms with van der Waals surface area (Å²) in [4.78, 5) is 11.4. The molecule has 0 saturated carbocycles. The molecule has 1 heterocycles. The molecule has 1 unspecified atom stereocenters. The van der Waals surface area contributed by atoms with Gasteiger partial charge >= 0.3 is 5.97 Å². The lowest BCUT2D eigenvalue weighted by molar-refractivity contribution is 0.0600. The zero-order chi connectivity index (χ0) is 13.7. The first kappa shape index (κ1) is 13.7. The van der Waals surface area contributed by atoms with Gasteiger partial charge in [-0.25, -0.2) is 4.79 Å². The summed E-state index contributed by atoms with van der Waals surface area (Å²) >= 11 is 0. The third-order valence-corrected chi connectivity index (χ3v) is 3.08. The van der Waals surface area contributed by atoms with Gasteiger partial charge in [0.2, 0.25) is 0 Å². The zero-order valence-electron chi connectivity index (χ0n) is 11.2. The average Bonchev–Trinajstić information content (AvgIpc) is 2.97. The number of esters is 1. The van der Waals surface area contributed by atoms with Crippen LogP contribution < -0.4 is 9.47 Å². The quantitative estimate of drug-likeness (QED) is 0.762. The minimum atomic E-state index is -0.394. The van der Waals surface area contributed by atoms with Gasteiger partial charge in [-0.05, 0) is 24.6 Å². The predicted octanol–water partition coefficient (Wildman–Crippen LogP) is 1.90. The van der Waals surface area contributed by atoms with Crippen molar-refractivity contribution in [2.45, 2.75) is 6.42 Å². The summed E-state index contributed by atoms with van der Waals surface area (Å²) < 4.78 is 20.9. The van der Waals surface area contributed by atoms with Crippen LogP contribution in [0.4, 0.5) is 0 Å². The Morgan fingerprint density at radius 1 is 1.37 bits per heavy atom. The van der Waals surface area contributed by atoms with E-state index in [9.17, 15) is 4.79 Å². The van der Waals surface area contributed by atoms with E-state index < -0.39 is 5.97 Å². The molecule has 1 saturated heterocycles. The van der Waals surface area contributed by atoms with Crippen molar-refractivity contribution in [3.8, 4) is 11.5 Å². The number of rotatable bonds is 5. The lowest BCUT2D eigenvalue weighted by atomic mass is 10.1. The van der Waals surface area contributed by atoms with E-state index in [0.29, 0.717) is 29.6 Å². The van der Waals surface area contributed by atoms with Crippen LogP contribution in [-0.4, -0.2) is 40.0 Å². The molecule has 0 bridgehead atoms. The molecule has 0 radical (unpaired) electrons. The second-order valence-corrected chi connectivity index (χ2v) is 4.40. The van der Waals surface area contributed by atoms with Crippen LogP contribution in [0.15, 0.2) is 18.2 Å². The van der Waals surface area contributed by atoms with Crippen molar-refractivity contribution in [2.75, 3.05) is 34.0 Å². The molecule has 0 amide bonds. The summed E-state index contributed by atoms with van der Waals surface area (Å²) in [5.41, 5.74) is 0.441. The summed E-state index contributed by atoms with van der Waals surface area (Å²) in [5.74, 6) is 1.18. The highest BCUT2D eigenvalue weighted by molar-refractivity contribution is 5.90. The van der Waals surface area contributed by atoms with Gasteiger partial charge in [0.1, 0.15) is 0 Å². The fourth-order valence-electron chi connectivity index (χ4n) is 1.95. The number of carbonyl (C=O) groups excluding carboxylic acids is 1. The Morgan fingerprint density at radius 2 is 2.21 bits per heavy atom. The molecule has 104 valence electrons. The van der Waals surface area contributed by atoms with Crippen LogP contribution in [0, 0.1) is 5.92 Å². The lowest BCUT2D eigenvalue weighted by Gasteiger charge is -2.14. The molecule has 19 heavy (non-hydrogen) atoms. The molecule has 1 aromatic rings. The van der Waals surface area contributed by atoms with E-state index in [0.717, 1.165) is 19.6 Å². The molecule has 1 fully saturated rings. The minimum Gasteiger partial charge on any atom is -0.493 e. The Balaban J connectivity index is 2.04. The van der Waals surface area contributed by atoms with Gasteiger partial charge in [0.15, 0.2) is 11.5 Å². The number of hydrogen-bond donors (Lipinski definition) is 0. The molecule has 2 rings (SSSR count). The van der Waals surface area contributed by atoms with Crippen LogP contribution in [0.25, 0.3) is 0 Å². The highest BCUT2D eigenvalue weighted by Gasteiger charge is 2.18. The van der Waals surface area contributed by atoms with E-state index in [-0.39, 0.29) is 0 Å². The van der Waals surface area contributed by atoms with E-state index in [2.05, 4.69) is 4.74 Å². The monoisotopic (exact) mass is 266 g/mol. The largest absolute Gasteiger partial charge is 0.493 e. The normalized spacial score (nSPS) is 18.1. The second kappa shape index (κ2) is 6.43. The fraction of sp³-hybridized carbons (Fsp3) is 0.500. The topological polar surface area (TPSA) is 54.0 Å². The summed E-state index contributed by atoms with van der Waals surface area (Å²) in [5, 5.41) is 0. The number of carbonyl (C=O) groups is 1. The summed E-state index contributed by atoms with van der Waals surface area (Å²) in [6, 6.07) is 5.00. The van der Waals surface area contributed by atoms with Crippen LogP contribution in [0.1, 0.15) is 16.8 Å². The van der Waals surface area contributed by atoms with Crippen molar-refractivity contribution >= 4 is 5.97 Å². The Kier molecular flexibility index (Phi) is 4.63. The van der Waals surface area contributed by atoms with Crippen LogP contribution in [-0.2, 0) is 9.47 Å². The van der Waals surface area contributed by atoms with Gasteiger partial charge in [0, 0.05) is 12.5 Å². The van der Waals surface area contributed by atoms with Crippen molar-refractivity contribution < 1.29 is 23.7 Å². The van der Waals surface area contributed by atoms with Crippen molar-refractivity contribution in [1.29, 1.82) is 0 Å². The number of hydrogen-bond acceptors (Lipinski definition) is 5. The van der Waals surface area contributed by atoms with E-state index in [1.54, 1.807) is 25.3 Å². The number of ether oxygens (including phenoxy) is 4. The summed E-state index contributed by atoms with van der Waals surface area (Å²) in [6.07, 6.45) is 1.02.